The third-order valence-electron chi connectivity index (χ3n) is 4.26. The molecular weight excluding hydrogens is 304 g/mol. The van der Waals surface area contributed by atoms with Gasteiger partial charge in [-0.05, 0) is 62.0 Å². The van der Waals surface area contributed by atoms with Gasteiger partial charge < -0.3 is 4.74 Å². The lowest BCUT2D eigenvalue weighted by atomic mass is 9.80. The fourth-order valence-corrected chi connectivity index (χ4v) is 3.31. The summed E-state index contributed by atoms with van der Waals surface area (Å²) < 4.78 is 6.19. The number of hydrogen-bond acceptors (Lipinski definition) is 1. The van der Waals surface area contributed by atoms with Crippen molar-refractivity contribution in [1.29, 1.82) is 0 Å². The van der Waals surface area contributed by atoms with Crippen LogP contribution < -0.4 is 4.74 Å². The predicted octanol–water partition coefficient (Wildman–Crippen LogP) is 7.83. The lowest BCUT2D eigenvalue weighted by Gasteiger charge is -2.26. The van der Waals surface area contributed by atoms with Crippen molar-refractivity contribution in [3.63, 3.8) is 0 Å². The summed E-state index contributed by atoms with van der Waals surface area (Å²) >= 11 is 0. The number of hydrogen-bond donors (Lipinski definition) is 0. The first kappa shape index (κ1) is 21.5. The van der Waals surface area contributed by atoms with Crippen molar-refractivity contribution < 1.29 is 4.74 Å². The average molecular weight is 343 g/mol. The van der Waals surface area contributed by atoms with Gasteiger partial charge in [-0.25, -0.2) is 0 Å². The standard InChI is InChI=1S/C22H32O.C2H6/c1-15(2)14-20(16(3)4)18-10-8-12-19-17(18)11-9-13-21(19)23-22(5,6)7;1-2/h8-13,15-16,20H,14H2,1-7H3;1-2H3. The number of ether oxygens (including phenoxy) is 1. The second kappa shape index (κ2) is 9.27. The van der Waals surface area contributed by atoms with Gasteiger partial charge in [-0.1, -0.05) is 71.9 Å². The van der Waals surface area contributed by atoms with Crippen LogP contribution >= 0.6 is 0 Å². The summed E-state index contributed by atoms with van der Waals surface area (Å²) in [6, 6.07) is 13.1. The van der Waals surface area contributed by atoms with Crippen molar-refractivity contribution in [2.75, 3.05) is 0 Å². The third kappa shape index (κ3) is 6.06. The molecule has 1 atom stereocenters. The van der Waals surface area contributed by atoms with Gasteiger partial charge in [0.1, 0.15) is 11.4 Å². The zero-order valence-corrected chi connectivity index (χ0v) is 17.8. The van der Waals surface area contributed by atoms with E-state index in [9.17, 15) is 0 Å². The van der Waals surface area contributed by atoms with Crippen molar-refractivity contribution in [1.82, 2.24) is 0 Å². The van der Waals surface area contributed by atoms with Gasteiger partial charge in [-0.2, -0.15) is 0 Å². The Bertz CT molecular complexity index is 647. The summed E-state index contributed by atoms with van der Waals surface area (Å²) in [5, 5.41) is 2.57. The SMILES string of the molecule is CC.CC(C)CC(c1cccc2c(OC(C)(C)C)cccc12)C(C)C. The highest BCUT2D eigenvalue weighted by molar-refractivity contribution is 5.91. The molecule has 25 heavy (non-hydrogen) atoms. The molecule has 0 aliphatic heterocycles. The Morgan fingerprint density at radius 1 is 0.840 bits per heavy atom. The van der Waals surface area contributed by atoms with Crippen LogP contribution in [0.1, 0.15) is 80.2 Å². The van der Waals surface area contributed by atoms with Crippen LogP contribution in [0.2, 0.25) is 0 Å². The van der Waals surface area contributed by atoms with Crippen LogP contribution in [-0.4, -0.2) is 5.60 Å². The third-order valence-corrected chi connectivity index (χ3v) is 4.26. The smallest absolute Gasteiger partial charge is 0.127 e. The van der Waals surface area contributed by atoms with Crippen LogP contribution in [0.5, 0.6) is 5.75 Å². The van der Waals surface area contributed by atoms with E-state index in [1.54, 1.807) is 0 Å². The first-order valence-electron chi connectivity index (χ1n) is 9.89. The van der Waals surface area contributed by atoms with E-state index in [-0.39, 0.29) is 5.60 Å². The van der Waals surface area contributed by atoms with E-state index < -0.39 is 0 Å². The predicted molar refractivity (Wildman–Crippen MR) is 113 cm³/mol. The maximum Gasteiger partial charge on any atom is 0.127 e. The normalized spacial score (nSPS) is 12.9. The molecule has 0 N–H and O–H groups in total. The van der Waals surface area contributed by atoms with E-state index in [1.165, 1.54) is 22.8 Å². The summed E-state index contributed by atoms with van der Waals surface area (Å²) in [5.74, 6) is 2.91. The highest BCUT2D eigenvalue weighted by Gasteiger charge is 2.21. The Balaban J connectivity index is 0.00000151. The fraction of sp³-hybridized carbons (Fsp3) is 0.583. The van der Waals surface area contributed by atoms with Crippen molar-refractivity contribution in [3.8, 4) is 5.75 Å². The molecule has 2 aromatic rings. The van der Waals surface area contributed by atoms with Gasteiger partial charge in [0, 0.05) is 5.39 Å². The van der Waals surface area contributed by atoms with E-state index in [0.717, 1.165) is 5.75 Å². The summed E-state index contributed by atoms with van der Waals surface area (Å²) in [5.41, 5.74) is 1.28. The maximum absolute atomic E-state index is 6.19. The quantitative estimate of drug-likeness (QED) is 0.538. The zero-order valence-electron chi connectivity index (χ0n) is 17.8. The molecule has 0 amide bonds. The first-order chi connectivity index (χ1) is 11.7. The lowest BCUT2D eigenvalue weighted by Crippen LogP contribution is -2.23. The van der Waals surface area contributed by atoms with Crippen LogP contribution in [0.25, 0.3) is 10.8 Å². The van der Waals surface area contributed by atoms with Crippen LogP contribution in [0.15, 0.2) is 36.4 Å². The lowest BCUT2D eigenvalue weighted by molar-refractivity contribution is 0.133. The van der Waals surface area contributed by atoms with Gasteiger partial charge in [-0.3, -0.25) is 0 Å². The second-order valence-electron chi connectivity index (χ2n) is 8.39. The summed E-state index contributed by atoms with van der Waals surface area (Å²) in [4.78, 5) is 0. The molecule has 140 valence electrons. The average Bonchev–Trinajstić information content (AvgIpc) is 2.53. The van der Waals surface area contributed by atoms with Crippen molar-refractivity contribution in [2.24, 2.45) is 11.8 Å². The Morgan fingerprint density at radius 3 is 1.92 bits per heavy atom. The molecule has 0 saturated carbocycles. The fourth-order valence-electron chi connectivity index (χ4n) is 3.31. The summed E-state index contributed by atoms with van der Waals surface area (Å²) in [6.07, 6.45) is 1.22. The van der Waals surface area contributed by atoms with Crippen LogP contribution in [0.3, 0.4) is 0 Å². The minimum absolute atomic E-state index is 0.181. The number of benzene rings is 2. The molecule has 0 aliphatic rings. The van der Waals surface area contributed by atoms with Crippen LogP contribution in [0, 0.1) is 11.8 Å². The highest BCUT2D eigenvalue weighted by atomic mass is 16.5. The molecule has 2 aromatic carbocycles. The van der Waals surface area contributed by atoms with Gasteiger partial charge in [0.2, 0.25) is 0 Å². The molecule has 1 unspecified atom stereocenters. The second-order valence-corrected chi connectivity index (χ2v) is 8.39. The molecule has 0 aromatic heterocycles. The molecular formula is C24H38O. The van der Waals surface area contributed by atoms with E-state index >= 15 is 0 Å². The van der Waals surface area contributed by atoms with Gasteiger partial charge in [0.15, 0.2) is 0 Å². The molecule has 0 aliphatic carbocycles. The minimum atomic E-state index is -0.181. The van der Waals surface area contributed by atoms with Gasteiger partial charge in [0.05, 0.1) is 0 Å². The van der Waals surface area contributed by atoms with E-state index in [2.05, 4.69) is 84.9 Å². The van der Waals surface area contributed by atoms with Crippen molar-refractivity contribution >= 4 is 10.8 Å². The minimum Gasteiger partial charge on any atom is -0.488 e. The molecule has 0 fully saturated rings. The largest absolute Gasteiger partial charge is 0.488 e. The number of rotatable bonds is 5. The Morgan fingerprint density at radius 2 is 1.40 bits per heavy atom. The van der Waals surface area contributed by atoms with Gasteiger partial charge in [0.25, 0.3) is 0 Å². The Labute approximate surface area is 155 Å². The monoisotopic (exact) mass is 342 g/mol. The molecule has 1 heteroatoms. The highest BCUT2D eigenvalue weighted by Crippen LogP contribution is 2.38. The molecule has 0 spiro atoms. The zero-order chi connectivity index (χ0) is 19.2. The molecule has 0 saturated heterocycles. The first-order valence-corrected chi connectivity index (χ1v) is 9.89. The number of fused-ring (bicyclic) bond motifs is 1. The Kier molecular flexibility index (Phi) is 7.99. The van der Waals surface area contributed by atoms with E-state index in [1.807, 2.05) is 13.8 Å². The molecule has 2 rings (SSSR count). The molecule has 0 bridgehead atoms. The molecule has 0 heterocycles. The van der Waals surface area contributed by atoms with E-state index in [4.69, 9.17) is 4.74 Å². The van der Waals surface area contributed by atoms with Crippen LogP contribution in [-0.2, 0) is 0 Å². The molecule has 0 radical (unpaired) electrons. The van der Waals surface area contributed by atoms with Crippen molar-refractivity contribution in [2.45, 2.75) is 80.3 Å². The van der Waals surface area contributed by atoms with Crippen LogP contribution in [0.4, 0.5) is 0 Å². The van der Waals surface area contributed by atoms with E-state index in [0.29, 0.717) is 17.8 Å². The maximum atomic E-state index is 6.19. The topological polar surface area (TPSA) is 9.23 Å². The van der Waals surface area contributed by atoms with Gasteiger partial charge in [-0.15, -0.1) is 0 Å². The Hall–Kier alpha value is -1.50. The van der Waals surface area contributed by atoms with Gasteiger partial charge >= 0.3 is 0 Å². The summed E-state index contributed by atoms with van der Waals surface area (Å²) in [6.45, 7) is 19.6. The van der Waals surface area contributed by atoms with Crippen molar-refractivity contribution in [3.05, 3.63) is 42.0 Å². The molecule has 1 nitrogen and oxygen atoms in total. The summed E-state index contributed by atoms with van der Waals surface area (Å²) in [7, 11) is 0.